The minimum atomic E-state index is -0.314. The van der Waals surface area contributed by atoms with Gasteiger partial charge in [0.25, 0.3) is 5.91 Å². The van der Waals surface area contributed by atoms with Crippen molar-refractivity contribution in [1.82, 2.24) is 4.57 Å². The van der Waals surface area contributed by atoms with E-state index in [9.17, 15) is 4.79 Å². The molecule has 0 unspecified atom stereocenters. The van der Waals surface area contributed by atoms with Crippen molar-refractivity contribution >= 4 is 27.5 Å². The third-order valence-electron chi connectivity index (χ3n) is 3.79. The molecule has 0 spiro atoms. The first kappa shape index (κ1) is 17.9. The monoisotopic (exact) mass is 368 g/mol. The second kappa shape index (κ2) is 8.01. The zero-order valence-corrected chi connectivity index (χ0v) is 15.6. The van der Waals surface area contributed by atoms with Gasteiger partial charge in [-0.1, -0.05) is 29.5 Å². The fourth-order valence-corrected chi connectivity index (χ4v) is 3.72. The van der Waals surface area contributed by atoms with Crippen molar-refractivity contribution in [2.45, 2.75) is 13.5 Å². The number of amides is 1. The van der Waals surface area contributed by atoms with Crippen molar-refractivity contribution in [3.63, 3.8) is 0 Å². The van der Waals surface area contributed by atoms with E-state index in [-0.39, 0.29) is 5.91 Å². The summed E-state index contributed by atoms with van der Waals surface area (Å²) in [6.45, 7) is 6.87. The van der Waals surface area contributed by atoms with Crippen LogP contribution in [0.3, 0.4) is 0 Å². The van der Waals surface area contributed by atoms with Gasteiger partial charge in [-0.2, -0.15) is 4.99 Å². The molecule has 134 valence electrons. The van der Waals surface area contributed by atoms with Crippen LogP contribution in [0.15, 0.2) is 60.1 Å². The average Bonchev–Trinajstić information content (AvgIpc) is 3.00. The summed E-state index contributed by atoms with van der Waals surface area (Å²) in [7, 11) is 1.57. The van der Waals surface area contributed by atoms with E-state index in [1.807, 2.05) is 29.7 Å². The molecular weight excluding hydrogens is 348 g/mol. The maximum atomic E-state index is 12.6. The van der Waals surface area contributed by atoms with Crippen LogP contribution in [-0.2, 0) is 6.54 Å². The summed E-state index contributed by atoms with van der Waals surface area (Å²) in [5.74, 6) is 1.09. The van der Waals surface area contributed by atoms with E-state index in [4.69, 9.17) is 9.47 Å². The van der Waals surface area contributed by atoms with Gasteiger partial charge in [0.15, 0.2) is 4.80 Å². The molecule has 0 radical (unpaired) electrons. The molecule has 0 bridgehead atoms. The zero-order valence-electron chi connectivity index (χ0n) is 14.8. The normalized spacial score (nSPS) is 11.5. The molecule has 26 heavy (non-hydrogen) atoms. The number of carbonyl (C=O) groups is 1. The van der Waals surface area contributed by atoms with Crippen molar-refractivity contribution in [2.24, 2.45) is 4.99 Å². The number of carbonyl (C=O) groups excluding carboxylic acids is 1. The quantitative estimate of drug-likeness (QED) is 0.617. The molecule has 0 aliphatic carbocycles. The highest BCUT2D eigenvalue weighted by atomic mass is 32.1. The highest BCUT2D eigenvalue weighted by Crippen LogP contribution is 2.27. The van der Waals surface area contributed by atoms with Crippen LogP contribution in [-0.4, -0.2) is 24.2 Å². The minimum Gasteiger partial charge on any atom is -0.497 e. The molecule has 1 aromatic heterocycles. The summed E-state index contributed by atoms with van der Waals surface area (Å²) < 4.78 is 13.9. The standard InChI is InChI=1S/C20H20N2O3S/c1-4-12-22-18-16(25-5-2)10-7-11-17(18)26-20(22)21-19(23)14-8-6-9-15(13-14)24-3/h4,6-11,13H,1,5,12H2,2-3H3. The lowest BCUT2D eigenvalue weighted by atomic mass is 10.2. The topological polar surface area (TPSA) is 52.8 Å². The van der Waals surface area contributed by atoms with Crippen LogP contribution in [0.1, 0.15) is 17.3 Å². The number of aromatic nitrogens is 1. The lowest BCUT2D eigenvalue weighted by Crippen LogP contribution is -2.16. The number of nitrogens with zero attached hydrogens (tertiary/aromatic N) is 2. The molecule has 0 atom stereocenters. The molecule has 3 aromatic rings. The largest absolute Gasteiger partial charge is 0.497 e. The molecule has 0 saturated heterocycles. The van der Waals surface area contributed by atoms with E-state index >= 15 is 0 Å². The van der Waals surface area contributed by atoms with E-state index in [0.717, 1.165) is 16.0 Å². The van der Waals surface area contributed by atoms with Gasteiger partial charge >= 0.3 is 0 Å². The van der Waals surface area contributed by atoms with Gasteiger partial charge in [-0.05, 0) is 37.3 Å². The maximum absolute atomic E-state index is 12.6. The van der Waals surface area contributed by atoms with Gasteiger partial charge in [0.05, 0.1) is 18.4 Å². The van der Waals surface area contributed by atoms with E-state index in [2.05, 4.69) is 11.6 Å². The fraction of sp³-hybridized carbons (Fsp3) is 0.200. The van der Waals surface area contributed by atoms with Crippen molar-refractivity contribution in [1.29, 1.82) is 0 Å². The molecule has 3 rings (SSSR count). The minimum absolute atomic E-state index is 0.314. The van der Waals surface area contributed by atoms with Gasteiger partial charge in [0.1, 0.15) is 17.0 Å². The Bertz CT molecular complexity index is 1020. The Balaban J connectivity index is 2.15. The van der Waals surface area contributed by atoms with Crippen LogP contribution >= 0.6 is 11.3 Å². The fourth-order valence-electron chi connectivity index (χ4n) is 2.66. The van der Waals surface area contributed by atoms with Gasteiger partial charge in [0.2, 0.25) is 0 Å². The van der Waals surface area contributed by atoms with Gasteiger partial charge in [-0.25, -0.2) is 0 Å². The summed E-state index contributed by atoms with van der Waals surface area (Å²) in [6.07, 6.45) is 1.78. The summed E-state index contributed by atoms with van der Waals surface area (Å²) in [4.78, 5) is 17.6. The summed E-state index contributed by atoms with van der Waals surface area (Å²) >= 11 is 1.45. The Labute approximate surface area is 155 Å². The van der Waals surface area contributed by atoms with Crippen molar-refractivity contribution in [2.75, 3.05) is 13.7 Å². The number of benzene rings is 2. The van der Waals surface area contributed by atoms with Crippen LogP contribution in [0.25, 0.3) is 10.2 Å². The third-order valence-corrected chi connectivity index (χ3v) is 4.83. The first-order chi connectivity index (χ1) is 12.7. The molecule has 2 aromatic carbocycles. The number of hydrogen-bond donors (Lipinski definition) is 0. The maximum Gasteiger partial charge on any atom is 0.279 e. The van der Waals surface area contributed by atoms with Crippen molar-refractivity contribution < 1.29 is 14.3 Å². The zero-order chi connectivity index (χ0) is 18.5. The number of allylic oxidation sites excluding steroid dienone is 1. The van der Waals surface area contributed by atoms with E-state index in [1.165, 1.54) is 11.3 Å². The molecule has 0 fully saturated rings. The number of para-hydroxylation sites is 1. The lowest BCUT2D eigenvalue weighted by Gasteiger charge is -2.08. The van der Waals surface area contributed by atoms with Gasteiger partial charge in [0, 0.05) is 12.1 Å². The van der Waals surface area contributed by atoms with Crippen LogP contribution in [0.2, 0.25) is 0 Å². The second-order valence-electron chi connectivity index (χ2n) is 5.47. The van der Waals surface area contributed by atoms with Crippen molar-refractivity contribution in [3.05, 3.63) is 65.5 Å². The van der Waals surface area contributed by atoms with Crippen LogP contribution in [0, 0.1) is 0 Å². The SMILES string of the molecule is C=CCn1c(=NC(=O)c2cccc(OC)c2)sc2cccc(OCC)c21. The molecule has 1 heterocycles. The predicted molar refractivity (Wildman–Crippen MR) is 104 cm³/mol. The highest BCUT2D eigenvalue weighted by Gasteiger charge is 2.13. The predicted octanol–water partition coefficient (Wildman–Crippen LogP) is 4.04. The Morgan fingerprint density at radius 2 is 2.12 bits per heavy atom. The first-order valence-corrected chi connectivity index (χ1v) is 9.08. The average molecular weight is 368 g/mol. The smallest absolute Gasteiger partial charge is 0.279 e. The molecule has 0 aliphatic rings. The number of methoxy groups -OCH3 is 1. The first-order valence-electron chi connectivity index (χ1n) is 8.27. The van der Waals surface area contributed by atoms with Crippen LogP contribution in [0.5, 0.6) is 11.5 Å². The molecule has 0 saturated carbocycles. The number of thiazole rings is 1. The van der Waals surface area contributed by atoms with E-state index in [1.54, 1.807) is 37.5 Å². The Hall–Kier alpha value is -2.86. The molecular formula is C20H20N2O3S. The van der Waals surface area contributed by atoms with Crippen molar-refractivity contribution in [3.8, 4) is 11.5 Å². The molecule has 6 heteroatoms. The summed E-state index contributed by atoms with van der Waals surface area (Å²) in [5.41, 5.74) is 1.41. The van der Waals surface area contributed by atoms with E-state index in [0.29, 0.717) is 29.3 Å². The molecule has 0 N–H and O–H groups in total. The molecule has 1 amide bonds. The van der Waals surface area contributed by atoms with E-state index < -0.39 is 0 Å². The number of fused-ring (bicyclic) bond motifs is 1. The third kappa shape index (κ3) is 3.55. The Kier molecular flexibility index (Phi) is 5.53. The van der Waals surface area contributed by atoms with Gasteiger partial charge in [-0.15, -0.1) is 6.58 Å². The number of ether oxygens (including phenoxy) is 2. The summed E-state index contributed by atoms with van der Waals surface area (Å²) in [6, 6.07) is 12.8. The second-order valence-corrected chi connectivity index (χ2v) is 6.48. The Morgan fingerprint density at radius 3 is 2.85 bits per heavy atom. The highest BCUT2D eigenvalue weighted by molar-refractivity contribution is 7.16. The van der Waals surface area contributed by atoms with Crippen LogP contribution in [0.4, 0.5) is 0 Å². The lowest BCUT2D eigenvalue weighted by molar-refractivity contribution is 0.0997. The van der Waals surface area contributed by atoms with Gasteiger partial charge in [-0.3, -0.25) is 4.79 Å². The Morgan fingerprint density at radius 1 is 1.31 bits per heavy atom. The van der Waals surface area contributed by atoms with Gasteiger partial charge < -0.3 is 14.0 Å². The van der Waals surface area contributed by atoms with Crippen LogP contribution < -0.4 is 14.3 Å². The number of hydrogen-bond acceptors (Lipinski definition) is 4. The molecule has 0 aliphatic heterocycles. The number of rotatable bonds is 6. The summed E-state index contributed by atoms with van der Waals surface area (Å²) in [5, 5.41) is 0. The molecule has 5 nitrogen and oxygen atoms in total.